The summed E-state index contributed by atoms with van der Waals surface area (Å²) < 4.78 is 26.8. The van der Waals surface area contributed by atoms with Gasteiger partial charge in [0.15, 0.2) is 35.9 Å². The van der Waals surface area contributed by atoms with Gasteiger partial charge in [-0.2, -0.15) is 0 Å². The molecule has 252 valence electrons. The summed E-state index contributed by atoms with van der Waals surface area (Å²) in [5.41, 5.74) is -0.191. The number of likely N-dealkylation sites (tertiary alicyclic amines) is 1. The van der Waals surface area contributed by atoms with Crippen LogP contribution in [0.25, 0.3) is 0 Å². The standard InChI is InChI=1S/C28H29NO9.C5H8O4/c1-29-13-12-27-20-15-8-9-17(35-2)23(20)38-24(27)18(10-11-28(27,34)19(29)14-15)37-26(33)22(31)21(30)25(32)36-16-6-4-3-5-7-16;1-3(5(7)8)9-4(2)6/h3-10,19,21-22,24,30-31,34H,11-14H2,1-2H3;3H,1-2H3,(H,7,8)/t19-,21-,22-,24+,27+,28-;/m1./s1. The summed E-state index contributed by atoms with van der Waals surface area (Å²) in [6, 6.07) is 11.6. The highest BCUT2D eigenvalue weighted by Crippen LogP contribution is 2.65. The van der Waals surface area contributed by atoms with Crippen molar-refractivity contribution < 1.29 is 63.3 Å². The minimum Gasteiger partial charge on any atom is -0.493 e. The van der Waals surface area contributed by atoms with Gasteiger partial charge >= 0.3 is 23.9 Å². The third-order valence-electron chi connectivity index (χ3n) is 9.21. The van der Waals surface area contributed by atoms with E-state index in [2.05, 4.69) is 9.64 Å². The molecule has 2 aromatic carbocycles. The molecule has 4 N–H and O–H groups in total. The van der Waals surface area contributed by atoms with Gasteiger partial charge in [0.25, 0.3) is 0 Å². The number of aliphatic hydroxyl groups is 3. The monoisotopic (exact) mass is 655 g/mol. The molecule has 1 saturated heterocycles. The Hall–Kier alpha value is -4.50. The summed E-state index contributed by atoms with van der Waals surface area (Å²) in [5.74, 6) is -2.86. The highest BCUT2D eigenvalue weighted by atomic mass is 16.6. The van der Waals surface area contributed by atoms with E-state index in [-0.39, 0.29) is 24.0 Å². The largest absolute Gasteiger partial charge is 0.493 e. The lowest BCUT2D eigenvalue weighted by Gasteiger charge is -2.61. The molecule has 0 amide bonds. The van der Waals surface area contributed by atoms with Crippen molar-refractivity contribution >= 4 is 23.9 Å². The SMILES string of the molecule is CC(=O)OC(C)C(=O)O.COc1ccc2c3c1O[C@H]1C(OC(=O)[C@H](O)[C@@H](O)C(=O)Oc4ccccc4)=CC[C@@]4(O)[C@@H](C2)N(C)CC[C@]314. The Bertz CT molecular complexity index is 1590. The van der Waals surface area contributed by atoms with Gasteiger partial charge in [-0.15, -0.1) is 0 Å². The van der Waals surface area contributed by atoms with E-state index in [0.717, 1.165) is 11.1 Å². The van der Waals surface area contributed by atoms with Crippen molar-refractivity contribution in [2.75, 3.05) is 20.7 Å². The zero-order valence-corrected chi connectivity index (χ0v) is 26.2. The zero-order valence-electron chi connectivity index (χ0n) is 26.2. The maximum atomic E-state index is 12.9. The lowest BCUT2D eigenvalue weighted by Crippen LogP contribution is -2.74. The van der Waals surface area contributed by atoms with E-state index >= 15 is 0 Å². The number of esters is 3. The Balaban J connectivity index is 0.000000424. The number of aliphatic hydroxyl groups excluding tert-OH is 2. The number of methoxy groups -OCH3 is 1. The molecule has 14 heteroatoms. The number of ether oxygens (including phenoxy) is 5. The van der Waals surface area contributed by atoms with E-state index in [1.54, 1.807) is 24.3 Å². The number of aliphatic carboxylic acids is 1. The average molecular weight is 656 g/mol. The van der Waals surface area contributed by atoms with Crippen molar-refractivity contribution in [2.24, 2.45) is 0 Å². The van der Waals surface area contributed by atoms with E-state index in [0.29, 0.717) is 30.9 Å². The number of hydrogen-bond acceptors (Lipinski definition) is 13. The van der Waals surface area contributed by atoms with E-state index in [1.165, 1.54) is 33.1 Å². The summed E-state index contributed by atoms with van der Waals surface area (Å²) >= 11 is 0. The Kier molecular flexibility index (Phi) is 9.33. The van der Waals surface area contributed by atoms with Crippen LogP contribution in [0.4, 0.5) is 0 Å². The van der Waals surface area contributed by atoms with Crippen LogP contribution in [0.2, 0.25) is 0 Å². The normalized spacial score (nSPS) is 26.8. The van der Waals surface area contributed by atoms with Crippen molar-refractivity contribution in [1.29, 1.82) is 0 Å². The summed E-state index contributed by atoms with van der Waals surface area (Å²) in [5, 5.41) is 41.1. The second-order valence-corrected chi connectivity index (χ2v) is 11.9. The molecule has 0 radical (unpaired) electrons. The van der Waals surface area contributed by atoms with Gasteiger partial charge in [0.1, 0.15) is 11.5 Å². The van der Waals surface area contributed by atoms with E-state index in [4.69, 9.17) is 24.1 Å². The average Bonchev–Trinajstić information content (AvgIpc) is 3.39. The highest BCUT2D eigenvalue weighted by molar-refractivity contribution is 5.87. The van der Waals surface area contributed by atoms with Gasteiger partial charge in [-0.05, 0) is 63.2 Å². The van der Waals surface area contributed by atoms with Crippen LogP contribution >= 0.6 is 0 Å². The van der Waals surface area contributed by atoms with E-state index in [9.17, 15) is 34.5 Å². The van der Waals surface area contributed by atoms with Gasteiger partial charge < -0.3 is 49.0 Å². The van der Waals surface area contributed by atoms with Crippen LogP contribution in [-0.2, 0) is 40.5 Å². The Labute approximate surface area is 270 Å². The Morgan fingerprint density at radius 2 is 1.68 bits per heavy atom. The van der Waals surface area contributed by atoms with Crippen molar-refractivity contribution in [3.05, 3.63) is 65.4 Å². The van der Waals surface area contributed by atoms with Gasteiger partial charge in [-0.3, -0.25) is 4.79 Å². The zero-order chi connectivity index (χ0) is 34.3. The summed E-state index contributed by atoms with van der Waals surface area (Å²) in [6.45, 7) is 3.15. The first-order valence-corrected chi connectivity index (χ1v) is 15.0. The molecule has 1 fully saturated rings. The van der Waals surface area contributed by atoms with Crippen LogP contribution in [-0.4, -0.2) is 106 Å². The van der Waals surface area contributed by atoms with Gasteiger partial charge in [0.05, 0.1) is 18.1 Å². The van der Waals surface area contributed by atoms with Gasteiger partial charge in [0.2, 0.25) is 0 Å². The van der Waals surface area contributed by atoms with E-state index < -0.39 is 59.3 Å². The van der Waals surface area contributed by atoms with Gasteiger partial charge in [-0.25, -0.2) is 14.4 Å². The third-order valence-corrected chi connectivity index (χ3v) is 9.21. The molecule has 2 heterocycles. The number of carboxylic acid groups (broad SMARTS) is 1. The van der Waals surface area contributed by atoms with Crippen LogP contribution < -0.4 is 14.2 Å². The van der Waals surface area contributed by atoms with Gasteiger partial charge in [0, 0.05) is 24.9 Å². The number of carboxylic acids is 1. The molecular weight excluding hydrogens is 618 g/mol. The number of carbonyl (C=O) groups is 4. The molecule has 2 aliphatic heterocycles. The summed E-state index contributed by atoms with van der Waals surface area (Å²) in [7, 11) is 3.53. The molecule has 4 aliphatic rings. The lowest BCUT2D eigenvalue weighted by molar-refractivity contribution is -0.177. The number of carbonyl (C=O) groups excluding carboxylic acids is 3. The minimum absolute atomic E-state index is 0.108. The fourth-order valence-corrected chi connectivity index (χ4v) is 6.99. The number of hydrogen-bond donors (Lipinski definition) is 4. The molecule has 1 spiro atoms. The maximum absolute atomic E-state index is 12.9. The van der Waals surface area contributed by atoms with Crippen molar-refractivity contribution in [3.8, 4) is 17.2 Å². The van der Waals surface area contributed by atoms with E-state index in [1.807, 2.05) is 19.2 Å². The first-order valence-electron chi connectivity index (χ1n) is 15.0. The Morgan fingerprint density at radius 3 is 2.28 bits per heavy atom. The summed E-state index contributed by atoms with van der Waals surface area (Å²) in [4.78, 5) is 47.4. The van der Waals surface area contributed by atoms with Crippen LogP contribution in [0.5, 0.6) is 17.2 Å². The Morgan fingerprint density at radius 1 is 1.02 bits per heavy atom. The predicted octanol–water partition coefficient (Wildman–Crippen LogP) is 0.866. The third kappa shape index (κ3) is 5.82. The van der Waals surface area contributed by atoms with Crippen molar-refractivity contribution in [3.63, 3.8) is 0 Å². The molecule has 0 aromatic heterocycles. The number of para-hydroxylation sites is 1. The number of rotatable bonds is 8. The topological polar surface area (TPSA) is 199 Å². The van der Waals surface area contributed by atoms with Crippen LogP contribution in [0.15, 0.2) is 54.3 Å². The van der Waals surface area contributed by atoms with Gasteiger partial charge in [-0.1, -0.05) is 24.3 Å². The molecule has 7 atom stereocenters. The number of likely N-dealkylation sites (N-methyl/N-ethyl adjacent to an activating group) is 1. The van der Waals surface area contributed by atoms with Crippen LogP contribution in [0.3, 0.4) is 0 Å². The maximum Gasteiger partial charge on any atom is 0.344 e. The van der Waals surface area contributed by atoms with Crippen molar-refractivity contribution in [1.82, 2.24) is 4.90 Å². The van der Waals surface area contributed by atoms with Crippen LogP contribution in [0.1, 0.15) is 37.8 Å². The quantitative estimate of drug-likeness (QED) is 0.231. The fraction of sp³-hybridized carbons (Fsp3) is 0.455. The highest BCUT2D eigenvalue weighted by Gasteiger charge is 2.72. The predicted molar refractivity (Wildman–Crippen MR) is 161 cm³/mol. The molecule has 6 rings (SSSR count). The van der Waals surface area contributed by atoms with Crippen LogP contribution in [0, 0.1) is 0 Å². The first kappa shape index (κ1) is 33.9. The number of nitrogens with zero attached hydrogens (tertiary/aromatic N) is 1. The molecule has 14 nitrogen and oxygen atoms in total. The molecule has 47 heavy (non-hydrogen) atoms. The lowest BCUT2D eigenvalue weighted by atomic mass is 9.50. The number of benzene rings is 2. The smallest absolute Gasteiger partial charge is 0.344 e. The summed E-state index contributed by atoms with van der Waals surface area (Å²) in [6.07, 6.45) is -3.32. The van der Waals surface area contributed by atoms with Crippen molar-refractivity contribution in [2.45, 2.75) is 74.6 Å². The molecular formula is C33H37NO13. The molecule has 2 aromatic rings. The molecule has 2 aliphatic carbocycles. The molecule has 2 bridgehead atoms. The molecule has 0 saturated carbocycles. The first-order chi connectivity index (χ1) is 22.2. The second kappa shape index (κ2) is 13.0. The second-order valence-electron chi connectivity index (χ2n) is 11.9. The minimum atomic E-state index is -2.20. The number of piperidine rings is 1. The molecule has 1 unspecified atom stereocenters. The fourth-order valence-electron chi connectivity index (χ4n) is 6.99.